The number of benzene rings is 2. The molecule has 0 heterocycles. The van der Waals surface area contributed by atoms with E-state index in [1.54, 1.807) is 0 Å². The SMILES string of the molecule is NS(=O)(=O)c1cc(C(=O)OCC(=O)Nc2cc(C(F)(F)F)ccc2Cl)ccc1Cl. The third kappa shape index (κ3) is 6.07. The van der Waals surface area contributed by atoms with Gasteiger partial charge in [0.05, 0.1) is 26.9 Å². The number of hydrogen-bond acceptors (Lipinski definition) is 5. The normalized spacial score (nSPS) is 11.8. The maximum atomic E-state index is 12.7. The number of primary sulfonamides is 1. The molecule has 2 aromatic carbocycles. The van der Waals surface area contributed by atoms with Crippen LogP contribution in [0.4, 0.5) is 18.9 Å². The van der Waals surface area contributed by atoms with Crippen molar-refractivity contribution in [3.63, 3.8) is 0 Å². The molecule has 0 atom stereocenters. The van der Waals surface area contributed by atoms with Gasteiger partial charge in [-0.1, -0.05) is 23.2 Å². The van der Waals surface area contributed by atoms with E-state index < -0.39 is 45.1 Å². The molecule has 0 aliphatic carbocycles. The van der Waals surface area contributed by atoms with Crippen molar-refractivity contribution in [1.29, 1.82) is 0 Å². The number of hydrogen-bond donors (Lipinski definition) is 2. The van der Waals surface area contributed by atoms with Crippen molar-refractivity contribution in [2.75, 3.05) is 11.9 Å². The molecule has 0 aliphatic heterocycles. The zero-order chi connectivity index (χ0) is 22.0. The van der Waals surface area contributed by atoms with Crippen LogP contribution in [0, 0.1) is 0 Å². The molecule has 0 saturated heterocycles. The predicted octanol–water partition coefficient (Wildman–Crippen LogP) is 3.46. The standard InChI is InChI=1S/C16H11Cl2F3N2O5S/c17-10-4-2-9(16(19,20)21)6-12(10)23-14(24)7-28-15(25)8-1-3-11(18)13(5-8)29(22,26)27/h1-6H,7H2,(H,23,24)(H2,22,26,27). The summed E-state index contributed by atoms with van der Waals surface area (Å²) in [7, 11) is -4.21. The number of esters is 1. The molecule has 2 rings (SSSR count). The molecule has 13 heteroatoms. The van der Waals surface area contributed by atoms with E-state index in [0.29, 0.717) is 6.07 Å². The number of anilines is 1. The van der Waals surface area contributed by atoms with Gasteiger partial charge in [-0.2, -0.15) is 13.2 Å². The third-order valence-electron chi connectivity index (χ3n) is 3.38. The number of carbonyl (C=O) groups excluding carboxylic acids is 2. The van der Waals surface area contributed by atoms with Gasteiger partial charge >= 0.3 is 12.1 Å². The Morgan fingerprint density at radius 1 is 1.07 bits per heavy atom. The first-order chi connectivity index (χ1) is 13.3. The summed E-state index contributed by atoms with van der Waals surface area (Å²) in [6.07, 6.45) is -4.65. The first-order valence-corrected chi connectivity index (χ1v) is 9.75. The van der Waals surface area contributed by atoms with Crippen LogP contribution in [0.2, 0.25) is 10.0 Å². The fourth-order valence-corrected chi connectivity index (χ4v) is 3.28. The van der Waals surface area contributed by atoms with E-state index in [1.165, 1.54) is 0 Å². The van der Waals surface area contributed by atoms with E-state index in [-0.39, 0.29) is 21.3 Å². The number of amides is 1. The maximum Gasteiger partial charge on any atom is 0.416 e. The molecule has 3 N–H and O–H groups in total. The fraction of sp³-hybridized carbons (Fsp3) is 0.125. The van der Waals surface area contributed by atoms with Gasteiger partial charge in [0, 0.05) is 0 Å². The van der Waals surface area contributed by atoms with Crippen molar-refractivity contribution in [3.05, 3.63) is 57.6 Å². The highest BCUT2D eigenvalue weighted by molar-refractivity contribution is 7.89. The quantitative estimate of drug-likeness (QED) is 0.649. The van der Waals surface area contributed by atoms with E-state index in [4.69, 9.17) is 33.1 Å². The summed E-state index contributed by atoms with van der Waals surface area (Å²) in [5, 5.41) is 6.68. The first-order valence-electron chi connectivity index (χ1n) is 7.45. The van der Waals surface area contributed by atoms with Crippen molar-refractivity contribution >= 4 is 50.8 Å². The molecular formula is C16H11Cl2F3N2O5S. The molecule has 0 bridgehead atoms. The Bertz CT molecular complexity index is 1070. The topological polar surface area (TPSA) is 116 Å². The fourth-order valence-electron chi connectivity index (χ4n) is 2.05. The summed E-state index contributed by atoms with van der Waals surface area (Å²) >= 11 is 11.4. The van der Waals surface area contributed by atoms with Gasteiger partial charge < -0.3 is 10.1 Å². The van der Waals surface area contributed by atoms with Crippen molar-refractivity contribution < 1.29 is 35.9 Å². The van der Waals surface area contributed by atoms with Crippen LogP contribution < -0.4 is 10.5 Å². The van der Waals surface area contributed by atoms with Gasteiger partial charge in [-0.25, -0.2) is 18.4 Å². The summed E-state index contributed by atoms with van der Waals surface area (Å²) in [5.74, 6) is -2.06. The number of halogens is 5. The third-order valence-corrected chi connectivity index (χ3v) is 5.10. The second kappa shape index (κ2) is 8.57. The van der Waals surface area contributed by atoms with Gasteiger partial charge in [-0.05, 0) is 36.4 Å². The summed E-state index contributed by atoms with van der Waals surface area (Å²) in [4.78, 5) is 23.3. The van der Waals surface area contributed by atoms with Gasteiger partial charge in [0.2, 0.25) is 10.0 Å². The molecule has 156 valence electrons. The number of ether oxygens (including phenoxy) is 1. The first kappa shape index (κ1) is 22.9. The van der Waals surface area contributed by atoms with Gasteiger partial charge in [0.15, 0.2) is 6.61 Å². The lowest BCUT2D eigenvalue weighted by atomic mass is 10.2. The zero-order valence-electron chi connectivity index (χ0n) is 14.1. The molecule has 7 nitrogen and oxygen atoms in total. The summed E-state index contributed by atoms with van der Waals surface area (Å²) in [6, 6.07) is 5.42. The lowest BCUT2D eigenvalue weighted by Crippen LogP contribution is -2.22. The predicted molar refractivity (Wildman–Crippen MR) is 98.2 cm³/mol. The van der Waals surface area contributed by atoms with Crippen molar-refractivity contribution in [3.8, 4) is 0 Å². The average molecular weight is 471 g/mol. The van der Waals surface area contributed by atoms with Crippen molar-refractivity contribution in [2.24, 2.45) is 5.14 Å². The molecule has 0 unspecified atom stereocenters. The van der Waals surface area contributed by atoms with Crippen LogP contribution in [0.3, 0.4) is 0 Å². The van der Waals surface area contributed by atoms with Crippen LogP contribution in [0.5, 0.6) is 0 Å². The monoisotopic (exact) mass is 470 g/mol. The van der Waals surface area contributed by atoms with Crippen molar-refractivity contribution in [1.82, 2.24) is 0 Å². The summed E-state index contributed by atoms with van der Waals surface area (Å²) in [6.45, 7) is -0.876. The summed E-state index contributed by atoms with van der Waals surface area (Å²) in [5.41, 5.74) is -1.63. The number of rotatable bonds is 5. The van der Waals surface area contributed by atoms with E-state index in [2.05, 4.69) is 5.32 Å². The van der Waals surface area contributed by atoms with Crippen LogP contribution in [0.25, 0.3) is 0 Å². The van der Waals surface area contributed by atoms with Crippen LogP contribution in [0.15, 0.2) is 41.3 Å². The molecule has 0 saturated carbocycles. The number of carbonyl (C=O) groups is 2. The smallest absolute Gasteiger partial charge is 0.416 e. The minimum absolute atomic E-state index is 0.159. The number of nitrogens with one attached hydrogen (secondary N) is 1. The van der Waals surface area contributed by atoms with Gasteiger partial charge in [-0.15, -0.1) is 0 Å². The molecule has 1 amide bonds. The van der Waals surface area contributed by atoms with E-state index in [9.17, 15) is 31.2 Å². The second-order valence-electron chi connectivity index (χ2n) is 5.51. The van der Waals surface area contributed by atoms with Crippen molar-refractivity contribution in [2.45, 2.75) is 11.1 Å². The second-order valence-corrected chi connectivity index (χ2v) is 7.85. The Balaban J connectivity index is 2.08. The molecule has 0 radical (unpaired) electrons. The van der Waals surface area contributed by atoms with Crippen LogP contribution in [-0.2, 0) is 25.7 Å². The van der Waals surface area contributed by atoms with E-state index in [0.717, 1.165) is 30.3 Å². The molecule has 0 aromatic heterocycles. The zero-order valence-corrected chi connectivity index (χ0v) is 16.4. The lowest BCUT2D eigenvalue weighted by Gasteiger charge is -2.12. The molecular weight excluding hydrogens is 460 g/mol. The minimum Gasteiger partial charge on any atom is -0.452 e. The molecule has 0 spiro atoms. The van der Waals surface area contributed by atoms with Gasteiger partial charge in [0.1, 0.15) is 4.90 Å². The molecule has 0 fully saturated rings. The Labute approximate surface area is 172 Å². The highest BCUT2D eigenvalue weighted by Crippen LogP contribution is 2.33. The van der Waals surface area contributed by atoms with Crippen LogP contribution in [0.1, 0.15) is 15.9 Å². The Kier molecular flexibility index (Phi) is 6.78. The highest BCUT2D eigenvalue weighted by atomic mass is 35.5. The number of nitrogens with two attached hydrogens (primary N) is 1. The van der Waals surface area contributed by atoms with Gasteiger partial charge in [0.25, 0.3) is 5.91 Å². The largest absolute Gasteiger partial charge is 0.452 e. The minimum atomic E-state index is -4.65. The Morgan fingerprint density at radius 3 is 2.28 bits per heavy atom. The Morgan fingerprint density at radius 2 is 1.69 bits per heavy atom. The summed E-state index contributed by atoms with van der Waals surface area (Å²) < 4.78 is 65.7. The lowest BCUT2D eigenvalue weighted by molar-refractivity contribution is -0.137. The van der Waals surface area contributed by atoms with E-state index in [1.807, 2.05) is 0 Å². The molecule has 2 aromatic rings. The molecule has 0 aliphatic rings. The van der Waals surface area contributed by atoms with E-state index >= 15 is 0 Å². The number of alkyl halides is 3. The van der Waals surface area contributed by atoms with Crippen LogP contribution in [-0.4, -0.2) is 26.9 Å². The molecule has 29 heavy (non-hydrogen) atoms. The van der Waals surface area contributed by atoms with Crippen LogP contribution >= 0.6 is 23.2 Å². The average Bonchev–Trinajstić information content (AvgIpc) is 2.60. The van der Waals surface area contributed by atoms with Gasteiger partial charge in [-0.3, -0.25) is 4.79 Å². The Hall–Kier alpha value is -2.34. The number of sulfonamides is 1. The highest BCUT2D eigenvalue weighted by Gasteiger charge is 2.31. The maximum absolute atomic E-state index is 12.7.